The monoisotopic (exact) mass is 465 g/mol. The van der Waals surface area contributed by atoms with Gasteiger partial charge in [-0.05, 0) is 56.9 Å². The van der Waals surface area contributed by atoms with Crippen molar-refractivity contribution in [1.82, 2.24) is 29.4 Å². The highest BCUT2D eigenvalue weighted by molar-refractivity contribution is 5.92. The first-order valence-electron chi connectivity index (χ1n) is 11.4. The van der Waals surface area contributed by atoms with Crippen LogP contribution < -0.4 is 10.1 Å². The normalized spacial score (nSPS) is 11.2. The van der Waals surface area contributed by atoms with Gasteiger partial charge in [0.1, 0.15) is 30.2 Å². The number of rotatable bonds is 8. The molecule has 5 rings (SSSR count). The Kier molecular flexibility index (Phi) is 6.36. The van der Waals surface area contributed by atoms with Gasteiger partial charge in [0.15, 0.2) is 5.82 Å². The average molecular weight is 466 g/mol. The Morgan fingerprint density at radius 2 is 1.77 bits per heavy atom. The Morgan fingerprint density at radius 1 is 0.971 bits per heavy atom. The second kappa shape index (κ2) is 9.90. The first kappa shape index (κ1) is 22.5. The summed E-state index contributed by atoms with van der Waals surface area (Å²) in [6.07, 6.45) is 5.34. The predicted octanol–water partition coefficient (Wildman–Crippen LogP) is 5.04. The fourth-order valence-corrected chi connectivity index (χ4v) is 3.86. The van der Waals surface area contributed by atoms with Gasteiger partial charge in [0.05, 0.1) is 24.1 Å². The van der Waals surface area contributed by atoms with Crippen molar-refractivity contribution in [2.24, 2.45) is 0 Å². The highest BCUT2D eigenvalue weighted by atomic mass is 16.5. The maximum atomic E-state index is 5.90. The molecule has 176 valence electrons. The van der Waals surface area contributed by atoms with Crippen LogP contribution in [0, 0.1) is 6.92 Å². The molecule has 0 bridgehead atoms. The van der Waals surface area contributed by atoms with E-state index in [1.165, 1.54) is 0 Å². The van der Waals surface area contributed by atoms with E-state index in [-0.39, 0.29) is 0 Å². The Labute approximate surface area is 204 Å². The number of imidazole rings is 1. The molecule has 2 aromatic carbocycles. The van der Waals surface area contributed by atoms with Gasteiger partial charge in [-0.15, -0.1) is 0 Å². The molecule has 0 fully saturated rings. The van der Waals surface area contributed by atoms with Crippen molar-refractivity contribution in [1.29, 1.82) is 0 Å². The zero-order valence-electron chi connectivity index (χ0n) is 20.0. The Hall–Kier alpha value is -4.30. The van der Waals surface area contributed by atoms with Gasteiger partial charge >= 0.3 is 0 Å². The molecule has 5 aromatic rings. The van der Waals surface area contributed by atoms with Gasteiger partial charge in [0, 0.05) is 17.3 Å². The number of fused-ring (bicyclic) bond motifs is 1. The summed E-state index contributed by atoms with van der Waals surface area (Å²) < 4.78 is 7.99. The van der Waals surface area contributed by atoms with Crippen molar-refractivity contribution in [3.05, 3.63) is 90.6 Å². The lowest BCUT2D eigenvalue weighted by molar-refractivity contribution is 0.306. The molecule has 0 aliphatic rings. The van der Waals surface area contributed by atoms with Crippen LogP contribution >= 0.6 is 0 Å². The second-order valence-corrected chi connectivity index (χ2v) is 8.63. The van der Waals surface area contributed by atoms with Crippen LogP contribution in [0.4, 0.5) is 11.5 Å². The average Bonchev–Trinajstić information content (AvgIpc) is 3.23. The maximum absolute atomic E-state index is 5.90. The first-order chi connectivity index (χ1) is 17.0. The van der Waals surface area contributed by atoms with E-state index in [0.717, 1.165) is 45.1 Å². The summed E-state index contributed by atoms with van der Waals surface area (Å²) in [6.45, 7) is 3.23. The van der Waals surface area contributed by atoms with E-state index in [1.807, 2.05) is 87.9 Å². The lowest BCUT2D eigenvalue weighted by Crippen LogP contribution is -2.17. The fraction of sp³-hybridized carbons (Fsp3) is 0.185. The SMILES string of the molecule is Cc1cn(CN(C)C)c(-c2cc3c(Nc4ccc(OCc5ccccc5)cc4)ncnc3cn2)n1. The lowest BCUT2D eigenvalue weighted by atomic mass is 10.2. The van der Waals surface area contributed by atoms with Crippen molar-refractivity contribution in [2.45, 2.75) is 20.2 Å². The van der Waals surface area contributed by atoms with Gasteiger partial charge in [-0.3, -0.25) is 9.88 Å². The van der Waals surface area contributed by atoms with Crippen molar-refractivity contribution < 1.29 is 4.74 Å². The second-order valence-electron chi connectivity index (χ2n) is 8.63. The Balaban J connectivity index is 1.38. The highest BCUT2D eigenvalue weighted by Gasteiger charge is 2.13. The largest absolute Gasteiger partial charge is 0.489 e. The van der Waals surface area contributed by atoms with E-state index in [2.05, 4.69) is 29.7 Å². The van der Waals surface area contributed by atoms with Gasteiger partial charge in [-0.2, -0.15) is 0 Å². The summed E-state index contributed by atoms with van der Waals surface area (Å²) in [7, 11) is 4.06. The number of nitrogens with zero attached hydrogens (tertiary/aromatic N) is 6. The van der Waals surface area contributed by atoms with Gasteiger partial charge in [0.2, 0.25) is 0 Å². The zero-order chi connectivity index (χ0) is 24.2. The quantitative estimate of drug-likeness (QED) is 0.344. The van der Waals surface area contributed by atoms with Crippen molar-refractivity contribution in [3.8, 4) is 17.3 Å². The number of hydrogen-bond acceptors (Lipinski definition) is 7. The molecule has 1 N–H and O–H groups in total. The van der Waals surface area contributed by atoms with E-state index < -0.39 is 0 Å². The molecule has 0 aliphatic heterocycles. The van der Waals surface area contributed by atoms with Crippen LogP contribution in [-0.4, -0.2) is 43.5 Å². The summed E-state index contributed by atoms with van der Waals surface area (Å²) >= 11 is 0. The standard InChI is InChI=1S/C27H27N7O/c1-19-15-34(18-33(2)3)27(31-19)24-13-23-25(14-28-24)29-17-30-26(23)32-21-9-11-22(12-10-21)35-16-20-7-5-4-6-8-20/h4-15,17H,16,18H2,1-3H3,(H,29,30,32). The number of benzene rings is 2. The third-order valence-electron chi connectivity index (χ3n) is 5.45. The summed E-state index contributed by atoms with van der Waals surface area (Å²) in [4.78, 5) is 20.3. The molecule has 0 saturated heterocycles. The van der Waals surface area contributed by atoms with Crippen LogP contribution in [0.5, 0.6) is 5.75 Å². The number of nitrogens with one attached hydrogen (secondary N) is 1. The van der Waals surface area contributed by atoms with Crippen LogP contribution in [0.25, 0.3) is 22.4 Å². The number of anilines is 2. The van der Waals surface area contributed by atoms with Gasteiger partial charge in [0.25, 0.3) is 0 Å². The lowest BCUT2D eigenvalue weighted by Gasteiger charge is -2.14. The first-order valence-corrected chi connectivity index (χ1v) is 11.4. The minimum atomic E-state index is 0.531. The smallest absolute Gasteiger partial charge is 0.160 e. The topological polar surface area (TPSA) is 81.0 Å². The minimum Gasteiger partial charge on any atom is -0.489 e. The minimum absolute atomic E-state index is 0.531. The van der Waals surface area contributed by atoms with Crippen LogP contribution in [-0.2, 0) is 13.3 Å². The van der Waals surface area contributed by atoms with E-state index in [4.69, 9.17) is 9.72 Å². The molecule has 0 saturated carbocycles. The molecule has 0 atom stereocenters. The number of ether oxygens (including phenoxy) is 1. The fourth-order valence-electron chi connectivity index (χ4n) is 3.86. The van der Waals surface area contributed by atoms with Crippen molar-refractivity contribution in [3.63, 3.8) is 0 Å². The van der Waals surface area contributed by atoms with Crippen molar-refractivity contribution in [2.75, 3.05) is 19.4 Å². The highest BCUT2D eigenvalue weighted by Crippen LogP contribution is 2.27. The van der Waals surface area contributed by atoms with Crippen LogP contribution in [0.15, 0.2) is 79.4 Å². The summed E-state index contributed by atoms with van der Waals surface area (Å²) in [6, 6.07) is 19.9. The molecule has 8 heteroatoms. The maximum Gasteiger partial charge on any atom is 0.160 e. The molecule has 0 amide bonds. The van der Waals surface area contributed by atoms with Crippen LogP contribution in [0.2, 0.25) is 0 Å². The molecule has 0 unspecified atom stereocenters. The molecular weight excluding hydrogens is 438 g/mol. The van der Waals surface area contributed by atoms with Gasteiger partial charge in [-0.1, -0.05) is 30.3 Å². The molecule has 8 nitrogen and oxygen atoms in total. The molecule has 35 heavy (non-hydrogen) atoms. The third kappa shape index (κ3) is 5.28. The molecular formula is C27H27N7O. The summed E-state index contributed by atoms with van der Waals surface area (Å²) in [5.41, 5.74) is 4.51. The molecule has 0 aliphatic carbocycles. The number of aromatic nitrogens is 5. The third-order valence-corrected chi connectivity index (χ3v) is 5.45. The van der Waals surface area contributed by atoms with Gasteiger partial charge in [-0.25, -0.2) is 15.0 Å². The number of hydrogen-bond donors (Lipinski definition) is 1. The summed E-state index contributed by atoms with van der Waals surface area (Å²) in [5, 5.41) is 4.28. The van der Waals surface area contributed by atoms with E-state index in [1.54, 1.807) is 12.5 Å². The molecule has 0 radical (unpaired) electrons. The van der Waals surface area contributed by atoms with Gasteiger partial charge < -0.3 is 14.6 Å². The number of pyridine rings is 1. The molecule has 3 aromatic heterocycles. The Morgan fingerprint density at radius 3 is 2.54 bits per heavy atom. The number of aryl methyl sites for hydroxylation is 1. The van der Waals surface area contributed by atoms with Crippen molar-refractivity contribution >= 4 is 22.4 Å². The Bertz CT molecular complexity index is 1430. The molecule has 3 heterocycles. The van der Waals surface area contributed by atoms with Crippen LogP contribution in [0.1, 0.15) is 11.3 Å². The predicted molar refractivity (Wildman–Crippen MR) is 137 cm³/mol. The zero-order valence-corrected chi connectivity index (χ0v) is 20.0. The van der Waals surface area contributed by atoms with E-state index >= 15 is 0 Å². The summed E-state index contributed by atoms with van der Waals surface area (Å²) in [5.74, 6) is 2.33. The van der Waals surface area contributed by atoms with E-state index in [0.29, 0.717) is 19.1 Å². The van der Waals surface area contributed by atoms with E-state index in [9.17, 15) is 0 Å². The molecule has 0 spiro atoms. The van der Waals surface area contributed by atoms with Crippen LogP contribution in [0.3, 0.4) is 0 Å².